The van der Waals surface area contributed by atoms with Crippen molar-refractivity contribution in [3.63, 3.8) is 0 Å². The summed E-state index contributed by atoms with van der Waals surface area (Å²) in [5.41, 5.74) is 2.52. The van der Waals surface area contributed by atoms with Crippen LogP contribution < -0.4 is 4.90 Å². The largest absolute Gasteiger partial charge is 0.478 e. The topological polar surface area (TPSA) is 53.4 Å². The minimum atomic E-state index is -0.901. The second-order valence-corrected chi connectivity index (χ2v) is 4.24. The van der Waals surface area contributed by atoms with Crippen molar-refractivity contribution in [1.82, 2.24) is 4.98 Å². The Hall–Kier alpha value is -2.36. The van der Waals surface area contributed by atoms with Crippen LogP contribution in [0, 0.1) is 0 Å². The van der Waals surface area contributed by atoms with Gasteiger partial charge in [-0.3, -0.25) is 0 Å². The molecule has 18 heavy (non-hydrogen) atoms. The van der Waals surface area contributed by atoms with Crippen LogP contribution >= 0.6 is 0 Å². The summed E-state index contributed by atoms with van der Waals surface area (Å²) in [7, 11) is 0. The molecule has 0 atom stereocenters. The maximum absolute atomic E-state index is 10.8. The molecule has 0 aliphatic carbocycles. The van der Waals surface area contributed by atoms with Gasteiger partial charge < -0.3 is 10.0 Å². The molecular formula is C14H12N2O2. The number of hydrogen-bond donors (Lipinski definition) is 1. The molecule has 0 saturated heterocycles. The molecule has 1 N–H and O–H groups in total. The molecule has 1 aliphatic rings. The summed E-state index contributed by atoms with van der Waals surface area (Å²) >= 11 is 0. The highest BCUT2D eigenvalue weighted by molar-refractivity contribution is 5.88. The van der Waals surface area contributed by atoms with Crippen molar-refractivity contribution in [2.24, 2.45) is 0 Å². The van der Waals surface area contributed by atoms with E-state index in [9.17, 15) is 4.79 Å². The number of pyridine rings is 1. The van der Waals surface area contributed by atoms with Crippen LogP contribution in [0.5, 0.6) is 0 Å². The van der Waals surface area contributed by atoms with Crippen molar-refractivity contribution in [2.45, 2.75) is 6.42 Å². The minimum Gasteiger partial charge on any atom is -0.478 e. The van der Waals surface area contributed by atoms with Gasteiger partial charge in [-0.1, -0.05) is 6.07 Å². The lowest BCUT2D eigenvalue weighted by Gasteiger charge is -2.18. The van der Waals surface area contributed by atoms with Crippen LogP contribution in [-0.2, 0) is 6.42 Å². The van der Waals surface area contributed by atoms with Crippen molar-refractivity contribution in [2.75, 3.05) is 11.4 Å². The Bertz CT molecular complexity index is 593. The van der Waals surface area contributed by atoms with Crippen molar-refractivity contribution in [3.05, 3.63) is 53.7 Å². The maximum atomic E-state index is 10.8. The summed E-state index contributed by atoms with van der Waals surface area (Å²) in [4.78, 5) is 17.3. The summed E-state index contributed by atoms with van der Waals surface area (Å²) in [5.74, 6) is 0.0714. The van der Waals surface area contributed by atoms with Gasteiger partial charge in [0, 0.05) is 18.4 Å². The number of nitrogens with zero attached hydrogens (tertiary/aromatic N) is 2. The molecule has 4 heteroatoms. The van der Waals surface area contributed by atoms with Crippen molar-refractivity contribution in [1.29, 1.82) is 0 Å². The molecule has 0 amide bonds. The van der Waals surface area contributed by atoms with Crippen LogP contribution in [0.1, 0.15) is 15.9 Å². The molecule has 0 saturated carbocycles. The summed E-state index contributed by atoms with van der Waals surface area (Å²) in [6.07, 6.45) is 2.76. The van der Waals surface area contributed by atoms with Gasteiger partial charge in [0.25, 0.3) is 0 Å². The van der Waals surface area contributed by atoms with Gasteiger partial charge in [-0.2, -0.15) is 0 Å². The molecule has 2 aromatic rings. The lowest BCUT2D eigenvalue weighted by Crippen LogP contribution is -2.14. The Morgan fingerprint density at radius 2 is 2.00 bits per heavy atom. The molecule has 0 unspecified atom stereocenters. The number of benzene rings is 1. The van der Waals surface area contributed by atoms with Crippen molar-refractivity contribution in [3.8, 4) is 0 Å². The van der Waals surface area contributed by atoms with Gasteiger partial charge in [-0.15, -0.1) is 0 Å². The Kier molecular flexibility index (Phi) is 2.48. The summed E-state index contributed by atoms with van der Waals surface area (Å²) in [6, 6.07) is 10.9. The SMILES string of the molecule is O=C(O)c1ccc(N2CCc3cccnc32)cc1. The first kappa shape index (κ1) is 10.8. The van der Waals surface area contributed by atoms with Gasteiger partial charge in [0.05, 0.1) is 5.56 Å². The third-order valence-electron chi connectivity index (χ3n) is 3.15. The first-order valence-electron chi connectivity index (χ1n) is 5.80. The number of anilines is 2. The van der Waals surface area contributed by atoms with Crippen molar-refractivity contribution < 1.29 is 9.90 Å². The molecule has 0 radical (unpaired) electrons. The molecule has 0 bridgehead atoms. The molecular weight excluding hydrogens is 228 g/mol. The summed E-state index contributed by atoms with van der Waals surface area (Å²) in [6.45, 7) is 0.888. The Morgan fingerprint density at radius 3 is 2.72 bits per heavy atom. The normalized spacial score (nSPS) is 13.4. The zero-order valence-electron chi connectivity index (χ0n) is 9.71. The van der Waals surface area contributed by atoms with Crippen LogP contribution in [0.2, 0.25) is 0 Å². The average Bonchev–Trinajstić information content (AvgIpc) is 2.82. The second-order valence-electron chi connectivity index (χ2n) is 4.24. The molecule has 4 nitrogen and oxygen atoms in total. The number of fused-ring (bicyclic) bond motifs is 1. The number of hydrogen-bond acceptors (Lipinski definition) is 3. The molecule has 1 aliphatic heterocycles. The van der Waals surface area contributed by atoms with E-state index in [1.165, 1.54) is 5.56 Å². The predicted molar refractivity (Wildman–Crippen MR) is 68.3 cm³/mol. The maximum Gasteiger partial charge on any atom is 0.335 e. The lowest BCUT2D eigenvalue weighted by molar-refractivity contribution is 0.0697. The van der Waals surface area contributed by atoms with Gasteiger partial charge in [0.1, 0.15) is 5.82 Å². The highest BCUT2D eigenvalue weighted by Crippen LogP contribution is 2.32. The van der Waals surface area contributed by atoms with Crippen LogP contribution in [0.15, 0.2) is 42.6 Å². The standard InChI is InChI=1S/C14H12N2O2/c17-14(18)11-3-5-12(6-4-11)16-9-7-10-2-1-8-15-13(10)16/h1-6,8H,7,9H2,(H,17,18). The molecule has 0 spiro atoms. The van der Waals surface area contributed by atoms with Crippen molar-refractivity contribution >= 4 is 17.5 Å². The van der Waals surface area contributed by atoms with E-state index in [2.05, 4.69) is 16.0 Å². The third kappa shape index (κ3) is 1.72. The summed E-state index contributed by atoms with van der Waals surface area (Å²) in [5, 5.41) is 8.87. The Balaban J connectivity index is 1.95. The molecule has 0 fully saturated rings. The number of aromatic nitrogens is 1. The average molecular weight is 240 g/mol. The van der Waals surface area contributed by atoms with Gasteiger partial charge in [-0.25, -0.2) is 9.78 Å². The predicted octanol–water partition coefficient (Wildman–Crippen LogP) is 2.47. The summed E-state index contributed by atoms with van der Waals surface area (Å²) < 4.78 is 0. The van der Waals surface area contributed by atoms with Crippen LogP contribution in [0.4, 0.5) is 11.5 Å². The molecule has 3 rings (SSSR count). The van der Waals surface area contributed by atoms with E-state index in [0.29, 0.717) is 5.56 Å². The van der Waals surface area contributed by atoms with Gasteiger partial charge in [0.15, 0.2) is 0 Å². The number of carboxylic acid groups (broad SMARTS) is 1. The first-order valence-corrected chi connectivity index (χ1v) is 5.80. The van der Waals surface area contributed by atoms with E-state index in [0.717, 1.165) is 24.5 Å². The lowest BCUT2D eigenvalue weighted by atomic mass is 10.2. The number of carbonyl (C=O) groups is 1. The van der Waals surface area contributed by atoms with Crippen LogP contribution in [0.25, 0.3) is 0 Å². The van der Waals surface area contributed by atoms with Gasteiger partial charge in [0.2, 0.25) is 0 Å². The minimum absolute atomic E-state index is 0.305. The third-order valence-corrected chi connectivity index (χ3v) is 3.15. The number of carboxylic acids is 1. The van der Waals surface area contributed by atoms with E-state index in [4.69, 9.17) is 5.11 Å². The van der Waals surface area contributed by atoms with Crippen LogP contribution in [-0.4, -0.2) is 22.6 Å². The van der Waals surface area contributed by atoms with Gasteiger partial charge >= 0.3 is 5.97 Å². The highest BCUT2D eigenvalue weighted by Gasteiger charge is 2.21. The fourth-order valence-corrected chi connectivity index (χ4v) is 2.24. The van der Waals surface area contributed by atoms with E-state index in [1.54, 1.807) is 18.3 Å². The highest BCUT2D eigenvalue weighted by atomic mass is 16.4. The second kappa shape index (κ2) is 4.14. The fourth-order valence-electron chi connectivity index (χ4n) is 2.24. The number of aromatic carboxylic acids is 1. The molecule has 1 aromatic heterocycles. The van der Waals surface area contributed by atoms with Gasteiger partial charge in [-0.05, 0) is 42.3 Å². The molecule has 2 heterocycles. The Morgan fingerprint density at radius 1 is 1.22 bits per heavy atom. The Labute approximate surface area is 105 Å². The quantitative estimate of drug-likeness (QED) is 0.876. The first-order chi connectivity index (χ1) is 8.75. The smallest absolute Gasteiger partial charge is 0.335 e. The van der Waals surface area contributed by atoms with E-state index in [-0.39, 0.29) is 0 Å². The van der Waals surface area contributed by atoms with Crippen LogP contribution in [0.3, 0.4) is 0 Å². The monoisotopic (exact) mass is 240 g/mol. The van der Waals surface area contributed by atoms with E-state index < -0.39 is 5.97 Å². The number of rotatable bonds is 2. The van der Waals surface area contributed by atoms with E-state index >= 15 is 0 Å². The van der Waals surface area contributed by atoms with E-state index in [1.807, 2.05) is 18.2 Å². The molecule has 90 valence electrons. The molecule has 1 aromatic carbocycles. The fraction of sp³-hybridized carbons (Fsp3) is 0.143. The zero-order chi connectivity index (χ0) is 12.5. The zero-order valence-corrected chi connectivity index (χ0v) is 9.71.